The third-order valence-corrected chi connectivity index (χ3v) is 11.8. The van der Waals surface area contributed by atoms with E-state index in [2.05, 4.69) is 0 Å². The molecule has 1 aromatic carbocycles. The molecule has 0 radical (unpaired) electrons. The molecule has 16 atom stereocenters. The number of rotatable bonds is 11. The molecule has 3 saturated carbocycles. The number of ether oxygens (including phenoxy) is 6. The van der Waals surface area contributed by atoms with Crippen molar-refractivity contribution >= 4 is 11.9 Å². The molecule has 292 valence electrons. The molecule has 1 amide bonds. The molecule has 16 unspecified atom stereocenters. The van der Waals surface area contributed by atoms with Gasteiger partial charge in [0.15, 0.2) is 36.5 Å². The summed E-state index contributed by atoms with van der Waals surface area (Å²) in [6, 6.07) is 8.20. The van der Waals surface area contributed by atoms with Crippen LogP contribution in [0.25, 0.3) is 0 Å². The van der Waals surface area contributed by atoms with Crippen LogP contribution in [0.3, 0.4) is 0 Å². The van der Waals surface area contributed by atoms with Gasteiger partial charge in [-0.05, 0) is 56.1 Å². The zero-order valence-corrected chi connectivity index (χ0v) is 30.0. The van der Waals surface area contributed by atoms with Crippen LogP contribution >= 0.6 is 0 Å². The zero-order chi connectivity index (χ0) is 37.3. The summed E-state index contributed by atoms with van der Waals surface area (Å²) >= 11 is 0. The Morgan fingerprint density at radius 1 is 0.904 bits per heavy atom. The molecular formula is C37H56NO14+. The predicted molar refractivity (Wildman–Crippen MR) is 181 cm³/mol. The Hall–Kier alpha value is -2.28. The minimum Gasteiger partial charge on any atom is -0.450 e. The van der Waals surface area contributed by atoms with Crippen molar-refractivity contribution in [3.63, 3.8) is 0 Å². The van der Waals surface area contributed by atoms with E-state index in [-0.39, 0.29) is 35.7 Å². The van der Waals surface area contributed by atoms with E-state index in [9.17, 15) is 35.2 Å². The van der Waals surface area contributed by atoms with Crippen molar-refractivity contribution in [1.82, 2.24) is 5.48 Å². The SMILES string of the molecule is CC1CC(C)C(OC2OC(C)C(O)C([OH2+])C2O)C(OC2OC(CO)C(O)C(OC3(C(=O)NO)CC3C3CCCCC3)C2OC(=O)c2ccccc2)C1. The largest absolute Gasteiger partial charge is 0.450 e. The van der Waals surface area contributed by atoms with E-state index in [1.807, 2.05) is 13.8 Å². The van der Waals surface area contributed by atoms with Crippen molar-refractivity contribution in [3.8, 4) is 0 Å². The molecule has 0 aromatic heterocycles. The Kier molecular flexibility index (Phi) is 12.6. The first kappa shape index (κ1) is 39.4. The van der Waals surface area contributed by atoms with Crippen LogP contribution in [0, 0.1) is 23.7 Å². The van der Waals surface area contributed by atoms with Crippen LogP contribution < -0.4 is 5.48 Å². The van der Waals surface area contributed by atoms with Crippen LogP contribution in [-0.4, -0.2) is 128 Å². The van der Waals surface area contributed by atoms with E-state index >= 15 is 0 Å². The molecule has 5 aliphatic rings. The van der Waals surface area contributed by atoms with E-state index in [1.165, 1.54) is 0 Å². The van der Waals surface area contributed by atoms with Crippen molar-refractivity contribution in [2.45, 2.75) is 151 Å². The molecule has 2 saturated heterocycles. The highest BCUT2D eigenvalue weighted by atomic mass is 16.7. The highest BCUT2D eigenvalue weighted by Gasteiger charge is 2.67. The summed E-state index contributed by atoms with van der Waals surface area (Å²) in [5, 5.41) is 61.3. The third-order valence-electron chi connectivity index (χ3n) is 11.8. The molecule has 8 N–H and O–H groups in total. The lowest BCUT2D eigenvalue weighted by Gasteiger charge is -2.48. The third kappa shape index (κ3) is 8.05. The summed E-state index contributed by atoms with van der Waals surface area (Å²) in [4.78, 5) is 27.0. The number of aliphatic hydroxyl groups is 4. The van der Waals surface area contributed by atoms with Crippen LogP contribution in [0.1, 0.15) is 82.5 Å². The fraction of sp³-hybridized carbons (Fsp3) is 0.784. The van der Waals surface area contributed by atoms with Crippen molar-refractivity contribution in [2.24, 2.45) is 23.7 Å². The van der Waals surface area contributed by atoms with Gasteiger partial charge in [-0.15, -0.1) is 0 Å². The fourth-order valence-corrected chi connectivity index (χ4v) is 8.91. The summed E-state index contributed by atoms with van der Waals surface area (Å²) in [7, 11) is 0. The maximum Gasteiger partial charge on any atom is 0.338 e. The number of hydrogen-bond donors (Lipinski definition) is 6. The summed E-state index contributed by atoms with van der Waals surface area (Å²) in [6.07, 6.45) is -8.23. The summed E-state index contributed by atoms with van der Waals surface area (Å²) in [6.45, 7) is 4.94. The summed E-state index contributed by atoms with van der Waals surface area (Å²) in [5.41, 5.74) is 0.432. The van der Waals surface area contributed by atoms with Gasteiger partial charge >= 0.3 is 5.97 Å². The normalized spacial score (nSPS) is 44.1. The van der Waals surface area contributed by atoms with Gasteiger partial charge in [-0.2, -0.15) is 0 Å². The lowest BCUT2D eigenvalue weighted by molar-refractivity contribution is -0.350. The second-order valence-electron chi connectivity index (χ2n) is 15.6. The average molecular weight is 739 g/mol. The molecule has 15 heteroatoms. The number of carbonyl (C=O) groups is 2. The average Bonchev–Trinajstić information content (AvgIpc) is 3.88. The minimum atomic E-state index is -1.57. The second kappa shape index (κ2) is 16.6. The Balaban J connectivity index is 1.32. The number of hydrogen-bond acceptors (Lipinski definition) is 13. The summed E-state index contributed by atoms with van der Waals surface area (Å²) < 4.78 is 37.6. The van der Waals surface area contributed by atoms with Gasteiger partial charge in [-0.1, -0.05) is 64.2 Å². The van der Waals surface area contributed by atoms with Crippen molar-refractivity contribution in [2.75, 3.05) is 6.61 Å². The summed E-state index contributed by atoms with van der Waals surface area (Å²) in [5.74, 6) is -1.64. The number of hydroxylamine groups is 1. The van der Waals surface area contributed by atoms with Crippen molar-refractivity contribution in [1.29, 1.82) is 0 Å². The first-order valence-corrected chi connectivity index (χ1v) is 18.7. The van der Waals surface area contributed by atoms with Crippen molar-refractivity contribution < 1.29 is 68.8 Å². The predicted octanol–water partition coefficient (Wildman–Crippen LogP) is 0.916. The smallest absolute Gasteiger partial charge is 0.338 e. The second-order valence-corrected chi connectivity index (χ2v) is 15.6. The number of aliphatic hydroxyl groups excluding tert-OH is 4. The number of carbonyl (C=O) groups excluding carboxylic acids is 2. The Bertz CT molecular complexity index is 1350. The van der Waals surface area contributed by atoms with Gasteiger partial charge in [0.05, 0.1) is 30.5 Å². The molecule has 2 heterocycles. The van der Waals surface area contributed by atoms with Crippen LogP contribution in [-0.2, 0) is 33.2 Å². The lowest BCUT2D eigenvalue weighted by Crippen LogP contribution is -2.64. The van der Waals surface area contributed by atoms with Crippen molar-refractivity contribution in [3.05, 3.63) is 35.9 Å². The highest BCUT2D eigenvalue weighted by molar-refractivity contribution is 5.89. The monoisotopic (exact) mass is 738 g/mol. The number of amides is 1. The van der Waals surface area contributed by atoms with Gasteiger partial charge in [-0.3, -0.25) is 10.0 Å². The molecule has 2 aliphatic heterocycles. The van der Waals surface area contributed by atoms with Crippen LogP contribution in [0.4, 0.5) is 0 Å². The molecule has 52 heavy (non-hydrogen) atoms. The van der Waals surface area contributed by atoms with Gasteiger partial charge < -0.3 is 54.0 Å². The highest BCUT2D eigenvalue weighted by Crippen LogP contribution is 2.56. The fourth-order valence-electron chi connectivity index (χ4n) is 8.91. The van der Waals surface area contributed by atoms with Gasteiger partial charge in [0, 0.05) is 5.92 Å². The van der Waals surface area contributed by atoms with E-state index < -0.39 is 97.7 Å². The molecule has 6 rings (SSSR count). The van der Waals surface area contributed by atoms with Gasteiger partial charge in [-0.25, -0.2) is 10.3 Å². The van der Waals surface area contributed by atoms with Crippen LogP contribution in [0.5, 0.6) is 0 Å². The molecule has 0 bridgehead atoms. The molecule has 5 fully saturated rings. The standard InChI is InChI=1S/C37H55NO14/c1-18-14-19(2)30(51-34-29(43)28(42)26(40)20(3)47-34)24(15-18)48-35-32(50-33(44)22-12-8-5-9-13-22)31(27(41)25(17-39)49-35)52-37(36(45)38-46)16-23(37)21-10-6-4-7-11-21/h5,8-9,12-13,18-21,23-32,34-35,39-43,46H,4,6-7,10-11,14-17H2,1-3H3,(H,38,45)/p+1. The van der Waals surface area contributed by atoms with Crippen LogP contribution in [0.15, 0.2) is 30.3 Å². The van der Waals surface area contributed by atoms with E-state index in [0.29, 0.717) is 6.42 Å². The maximum atomic E-state index is 13.6. The molecule has 1 aromatic rings. The molecule has 15 nitrogen and oxygen atoms in total. The first-order valence-electron chi connectivity index (χ1n) is 18.7. The number of benzene rings is 1. The Morgan fingerprint density at radius 3 is 2.29 bits per heavy atom. The van der Waals surface area contributed by atoms with Gasteiger partial charge in [0.1, 0.15) is 18.3 Å². The first-order chi connectivity index (χ1) is 24.9. The Labute approximate surface area is 303 Å². The number of esters is 1. The number of nitrogens with one attached hydrogen (secondary N) is 1. The molecule has 0 spiro atoms. The quantitative estimate of drug-likeness (QED) is 0.0805. The van der Waals surface area contributed by atoms with E-state index in [0.717, 1.165) is 38.5 Å². The minimum absolute atomic E-state index is 0.140. The van der Waals surface area contributed by atoms with Gasteiger partial charge in [0.25, 0.3) is 5.91 Å². The van der Waals surface area contributed by atoms with Gasteiger partial charge in [0.2, 0.25) is 6.10 Å². The molecule has 3 aliphatic carbocycles. The Morgan fingerprint density at radius 2 is 1.62 bits per heavy atom. The topological polar surface area (TPSA) is 226 Å². The molecular weight excluding hydrogens is 682 g/mol. The van der Waals surface area contributed by atoms with Crippen LogP contribution in [0.2, 0.25) is 0 Å². The lowest BCUT2D eigenvalue weighted by atomic mass is 9.79. The van der Waals surface area contributed by atoms with E-state index in [4.69, 9.17) is 33.5 Å². The van der Waals surface area contributed by atoms with E-state index in [1.54, 1.807) is 42.7 Å². The maximum absolute atomic E-state index is 13.6. The zero-order valence-electron chi connectivity index (χ0n) is 30.0.